The van der Waals surface area contributed by atoms with Gasteiger partial charge in [0.05, 0.1) is 22.2 Å². The second kappa shape index (κ2) is 10.1. The molecular formula is C44H27N3. The summed E-state index contributed by atoms with van der Waals surface area (Å²) in [5.41, 5.74) is 7.43. The lowest BCUT2D eigenvalue weighted by molar-refractivity contribution is 1.01. The zero-order valence-electron chi connectivity index (χ0n) is 25.4. The average Bonchev–Trinajstić information content (AvgIpc) is 3.49. The summed E-state index contributed by atoms with van der Waals surface area (Å²) in [5, 5.41) is 11.0. The Hall–Kier alpha value is -6.32. The standard InChI is InChI=1S/C44H27N3/c1-2-13-28(14-3-1)29-15-12-16-30(27-29)43-36-21-8-10-23-38(36)45-44(46-43)47-39-24-11-9-22-37(39)42-40(47)26-25-35-33-19-5-4-17-31(33)32-18-6-7-20-34(32)41(35)42/h1-27H. The molecule has 3 nitrogen and oxygen atoms in total. The lowest BCUT2D eigenvalue weighted by Crippen LogP contribution is -2.03. The average molecular weight is 598 g/mol. The van der Waals surface area contributed by atoms with E-state index in [4.69, 9.17) is 9.97 Å². The fraction of sp³-hybridized carbons (Fsp3) is 0. The van der Waals surface area contributed by atoms with E-state index in [1.54, 1.807) is 0 Å². The number of hydrogen-bond donors (Lipinski definition) is 0. The van der Waals surface area contributed by atoms with Gasteiger partial charge in [-0.1, -0.05) is 140 Å². The molecule has 0 atom stereocenters. The Morgan fingerprint density at radius 3 is 1.70 bits per heavy atom. The van der Waals surface area contributed by atoms with Crippen LogP contribution in [0, 0.1) is 0 Å². The molecule has 0 fully saturated rings. The smallest absolute Gasteiger partial charge is 0.235 e. The van der Waals surface area contributed by atoms with Crippen molar-refractivity contribution < 1.29 is 0 Å². The van der Waals surface area contributed by atoms with Crippen molar-refractivity contribution in [1.82, 2.24) is 14.5 Å². The van der Waals surface area contributed by atoms with Crippen molar-refractivity contribution in [3.8, 4) is 28.3 Å². The van der Waals surface area contributed by atoms with Crippen LogP contribution in [0.5, 0.6) is 0 Å². The van der Waals surface area contributed by atoms with Crippen molar-refractivity contribution >= 4 is 65.0 Å². The maximum Gasteiger partial charge on any atom is 0.235 e. The fourth-order valence-corrected chi connectivity index (χ4v) is 7.53. The first-order chi connectivity index (χ1) is 23.3. The van der Waals surface area contributed by atoms with Crippen LogP contribution in [0.15, 0.2) is 164 Å². The maximum atomic E-state index is 5.39. The predicted octanol–water partition coefficient (Wildman–Crippen LogP) is 11.5. The van der Waals surface area contributed by atoms with Crippen molar-refractivity contribution in [3.05, 3.63) is 164 Å². The minimum atomic E-state index is 0.666. The van der Waals surface area contributed by atoms with Crippen molar-refractivity contribution in [2.45, 2.75) is 0 Å². The molecule has 0 aliphatic carbocycles. The summed E-state index contributed by atoms with van der Waals surface area (Å²) in [6, 6.07) is 58.3. The Balaban J connectivity index is 1.32. The van der Waals surface area contributed by atoms with E-state index in [0.717, 1.165) is 38.8 Å². The third kappa shape index (κ3) is 3.87. The Bertz CT molecular complexity index is 2810. The molecule has 0 radical (unpaired) electrons. The molecule has 218 valence electrons. The molecule has 0 unspecified atom stereocenters. The van der Waals surface area contributed by atoms with Crippen molar-refractivity contribution in [2.75, 3.05) is 0 Å². The predicted molar refractivity (Wildman–Crippen MR) is 197 cm³/mol. The lowest BCUT2D eigenvalue weighted by atomic mass is 9.92. The molecule has 47 heavy (non-hydrogen) atoms. The largest absolute Gasteiger partial charge is 0.278 e. The Morgan fingerprint density at radius 2 is 0.915 bits per heavy atom. The van der Waals surface area contributed by atoms with Crippen LogP contribution in [0.2, 0.25) is 0 Å². The fourth-order valence-electron chi connectivity index (χ4n) is 7.53. The van der Waals surface area contributed by atoms with E-state index < -0.39 is 0 Å². The molecule has 3 heteroatoms. The van der Waals surface area contributed by atoms with Crippen LogP contribution < -0.4 is 0 Å². The van der Waals surface area contributed by atoms with Gasteiger partial charge in [0.2, 0.25) is 5.95 Å². The van der Waals surface area contributed by atoms with E-state index in [0.29, 0.717) is 5.95 Å². The Labute approximate surface area is 271 Å². The van der Waals surface area contributed by atoms with Gasteiger partial charge in [0.1, 0.15) is 0 Å². The van der Waals surface area contributed by atoms with E-state index in [2.05, 4.69) is 168 Å². The zero-order valence-corrected chi connectivity index (χ0v) is 25.4. The molecule has 0 amide bonds. The minimum absolute atomic E-state index is 0.666. The Kier molecular flexibility index (Phi) is 5.57. The lowest BCUT2D eigenvalue weighted by Gasteiger charge is -2.14. The number of nitrogens with zero attached hydrogens (tertiary/aromatic N) is 3. The maximum absolute atomic E-state index is 5.39. The van der Waals surface area contributed by atoms with Gasteiger partial charge in [0, 0.05) is 27.1 Å². The molecule has 0 saturated heterocycles. The number of rotatable bonds is 3. The van der Waals surface area contributed by atoms with E-state index >= 15 is 0 Å². The van der Waals surface area contributed by atoms with E-state index in [-0.39, 0.29) is 0 Å². The van der Waals surface area contributed by atoms with E-state index in [1.165, 1.54) is 48.7 Å². The number of para-hydroxylation sites is 2. The molecule has 0 aliphatic heterocycles. The van der Waals surface area contributed by atoms with Gasteiger partial charge in [0.15, 0.2) is 0 Å². The van der Waals surface area contributed by atoms with Crippen LogP contribution in [0.4, 0.5) is 0 Å². The molecule has 0 saturated carbocycles. The van der Waals surface area contributed by atoms with Crippen LogP contribution in [0.25, 0.3) is 93.4 Å². The Morgan fingerprint density at radius 1 is 0.340 bits per heavy atom. The first-order valence-corrected chi connectivity index (χ1v) is 16.0. The highest BCUT2D eigenvalue weighted by Crippen LogP contribution is 2.43. The number of aromatic nitrogens is 3. The second-order valence-corrected chi connectivity index (χ2v) is 12.2. The van der Waals surface area contributed by atoms with Crippen molar-refractivity contribution in [1.29, 1.82) is 0 Å². The van der Waals surface area contributed by atoms with E-state index in [1.807, 2.05) is 0 Å². The number of fused-ring (bicyclic) bond motifs is 11. The number of benzene rings is 8. The molecule has 0 bridgehead atoms. The molecule has 0 aliphatic rings. The quantitative estimate of drug-likeness (QED) is 0.190. The van der Waals surface area contributed by atoms with Crippen LogP contribution in [-0.2, 0) is 0 Å². The van der Waals surface area contributed by atoms with Gasteiger partial charge in [-0.25, -0.2) is 9.97 Å². The molecule has 0 spiro atoms. The summed E-state index contributed by atoms with van der Waals surface area (Å²) >= 11 is 0. The number of hydrogen-bond acceptors (Lipinski definition) is 2. The summed E-state index contributed by atoms with van der Waals surface area (Å²) in [4.78, 5) is 10.6. The van der Waals surface area contributed by atoms with Crippen LogP contribution in [-0.4, -0.2) is 14.5 Å². The van der Waals surface area contributed by atoms with Gasteiger partial charge in [-0.15, -0.1) is 0 Å². The van der Waals surface area contributed by atoms with Gasteiger partial charge in [-0.05, 0) is 62.3 Å². The van der Waals surface area contributed by atoms with Gasteiger partial charge in [0.25, 0.3) is 0 Å². The van der Waals surface area contributed by atoms with Gasteiger partial charge in [-0.2, -0.15) is 0 Å². The highest BCUT2D eigenvalue weighted by molar-refractivity contribution is 6.35. The van der Waals surface area contributed by atoms with Crippen molar-refractivity contribution in [2.24, 2.45) is 0 Å². The molecule has 8 aromatic carbocycles. The van der Waals surface area contributed by atoms with Gasteiger partial charge < -0.3 is 0 Å². The molecule has 10 rings (SSSR count). The molecule has 2 heterocycles. The van der Waals surface area contributed by atoms with Crippen LogP contribution in [0.3, 0.4) is 0 Å². The minimum Gasteiger partial charge on any atom is -0.278 e. The molecule has 2 aromatic heterocycles. The first-order valence-electron chi connectivity index (χ1n) is 16.0. The summed E-state index contributed by atoms with van der Waals surface area (Å²) in [6.07, 6.45) is 0. The second-order valence-electron chi connectivity index (χ2n) is 12.2. The summed E-state index contributed by atoms with van der Waals surface area (Å²) in [6.45, 7) is 0. The zero-order chi connectivity index (χ0) is 30.9. The topological polar surface area (TPSA) is 30.7 Å². The monoisotopic (exact) mass is 597 g/mol. The first kappa shape index (κ1) is 26.0. The summed E-state index contributed by atoms with van der Waals surface area (Å²) in [7, 11) is 0. The molecule has 10 aromatic rings. The molecule has 0 N–H and O–H groups in total. The third-order valence-corrected chi connectivity index (χ3v) is 9.58. The highest BCUT2D eigenvalue weighted by atomic mass is 15.2. The van der Waals surface area contributed by atoms with Crippen molar-refractivity contribution in [3.63, 3.8) is 0 Å². The van der Waals surface area contributed by atoms with Gasteiger partial charge in [-0.3, -0.25) is 4.57 Å². The SMILES string of the molecule is c1ccc(-c2cccc(-c3nc(-n4c5ccccc5c5c6c7ccccc7c7ccccc7c6ccc54)nc4ccccc34)c2)cc1. The highest BCUT2D eigenvalue weighted by Gasteiger charge is 2.20. The van der Waals surface area contributed by atoms with Gasteiger partial charge >= 0.3 is 0 Å². The summed E-state index contributed by atoms with van der Waals surface area (Å²) < 4.78 is 2.26. The summed E-state index contributed by atoms with van der Waals surface area (Å²) in [5.74, 6) is 0.666. The normalized spacial score (nSPS) is 11.8. The molecular weight excluding hydrogens is 571 g/mol. The van der Waals surface area contributed by atoms with Crippen LogP contribution >= 0.6 is 0 Å². The van der Waals surface area contributed by atoms with E-state index in [9.17, 15) is 0 Å². The van der Waals surface area contributed by atoms with Crippen LogP contribution in [0.1, 0.15) is 0 Å². The third-order valence-electron chi connectivity index (χ3n) is 9.58.